The fourth-order valence-electron chi connectivity index (χ4n) is 2.74. The zero-order chi connectivity index (χ0) is 14.5. The minimum atomic E-state index is -0.215. The SMILES string of the molecule is Fc1ccc([C@H](OC2CCNCC2)c2ccccc2)cc1. The average molecular weight is 285 g/mol. The van der Waals surface area contributed by atoms with E-state index in [1.807, 2.05) is 30.3 Å². The molecule has 0 radical (unpaired) electrons. The van der Waals surface area contributed by atoms with E-state index in [1.165, 1.54) is 12.1 Å². The van der Waals surface area contributed by atoms with E-state index in [2.05, 4.69) is 17.4 Å². The molecule has 0 aliphatic carbocycles. The van der Waals surface area contributed by atoms with Gasteiger partial charge in [0.25, 0.3) is 0 Å². The fraction of sp³-hybridized carbons (Fsp3) is 0.333. The minimum absolute atomic E-state index is 0.130. The van der Waals surface area contributed by atoms with Crippen LogP contribution in [0.25, 0.3) is 0 Å². The molecule has 0 aromatic heterocycles. The number of hydrogen-bond donors (Lipinski definition) is 1. The van der Waals surface area contributed by atoms with Gasteiger partial charge in [0.15, 0.2) is 0 Å². The van der Waals surface area contributed by atoms with Crippen LogP contribution in [-0.4, -0.2) is 19.2 Å². The number of hydrogen-bond acceptors (Lipinski definition) is 2. The highest BCUT2D eigenvalue weighted by atomic mass is 19.1. The van der Waals surface area contributed by atoms with Crippen molar-refractivity contribution >= 4 is 0 Å². The summed E-state index contributed by atoms with van der Waals surface area (Å²) < 4.78 is 19.5. The molecule has 0 saturated carbocycles. The van der Waals surface area contributed by atoms with Gasteiger partial charge in [0.05, 0.1) is 6.10 Å². The molecule has 0 amide bonds. The third-order valence-electron chi connectivity index (χ3n) is 3.89. The molecule has 2 nitrogen and oxygen atoms in total. The number of rotatable bonds is 4. The van der Waals surface area contributed by atoms with Crippen LogP contribution in [0.3, 0.4) is 0 Å². The molecule has 2 aromatic carbocycles. The smallest absolute Gasteiger partial charge is 0.123 e. The highest BCUT2D eigenvalue weighted by molar-refractivity contribution is 5.30. The maximum atomic E-state index is 13.2. The molecule has 1 saturated heterocycles. The molecule has 0 bridgehead atoms. The van der Waals surface area contributed by atoms with Gasteiger partial charge in [-0.05, 0) is 49.2 Å². The quantitative estimate of drug-likeness (QED) is 0.925. The Labute approximate surface area is 125 Å². The molecule has 1 aliphatic rings. The Balaban J connectivity index is 1.85. The van der Waals surface area contributed by atoms with Crippen molar-refractivity contribution in [1.29, 1.82) is 0 Å². The topological polar surface area (TPSA) is 21.3 Å². The molecule has 2 aromatic rings. The van der Waals surface area contributed by atoms with Crippen LogP contribution in [0.1, 0.15) is 30.1 Å². The Morgan fingerprint density at radius 2 is 1.52 bits per heavy atom. The van der Waals surface area contributed by atoms with E-state index in [9.17, 15) is 4.39 Å². The predicted molar refractivity (Wildman–Crippen MR) is 81.7 cm³/mol. The molecule has 21 heavy (non-hydrogen) atoms. The monoisotopic (exact) mass is 285 g/mol. The van der Waals surface area contributed by atoms with E-state index >= 15 is 0 Å². The van der Waals surface area contributed by atoms with Crippen LogP contribution in [0, 0.1) is 5.82 Å². The van der Waals surface area contributed by atoms with Gasteiger partial charge in [-0.1, -0.05) is 42.5 Å². The van der Waals surface area contributed by atoms with E-state index in [4.69, 9.17) is 4.74 Å². The van der Waals surface area contributed by atoms with Crippen LogP contribution in [0.15, 0.2) is 54.6 Å². The summed E-state index contributed by atoms with van der Waals surface area (Å²) in [5.41, 5.74) is 2.11. The molecular weight excluding hydrogens is 265 g/mol. The van der Waals surface area contributed by atoms with Crippen molar-refractivity contribution in [2.45, 2.75) is 25.0 Å². The molecule has 3 heteroatoms. The third kappa shape index (κ3) is 3.69. The number of piperidine rings is 1. The molecule has 110 valence electrons. The standard InChI is InChI=1S/C18H20FNO/c19-16-8-6-15(7-9-16)18(14-4-2-1-3-5-14)21-17-10-12-20-13-11-17/h1-9,17-18,20H,10-13H2/t18-/m1/s1. The lowest BCUT2D eigenvalue weighted by Gasteiger charge is -2.28. The molecule has 1 fully saturated rings. The van der Waals surface area contributed by atoms with Gasteiger partial charge in [0.1, 0.15) is 11.9 Å². The number of halogens is 1. The maximum Gasteiger partial charge on any atom is 0.123 e. The molecule has 1 atom stereocenters. The van der Waals surface area contributed by atoms with Crippen molar-refractivity contribution in [3.63, 3.8) is 0 Å². The largest absolute Gasteiger partial charge is 0.365 e. The van der Waals surface area contributed by atoms with Crippen molar-refractivity contribution in [1.82, 2.24) is 5.32 Å². The molecule has 3 rings (SSSR count). The first kappa shape index (κ1) is 14.2. The highest BCUT2D eigenvalue weighted by Crippen LogP contribution is 2.29. The number of benzene rings is 2. The summed E-state index contributed by atoms with van der Waals surface area (Å²) in [6.45, 7) is 1.99. The van der Waals surface area contributed by atoms with Crippen molar-refractivity contribution < 1.29 is 9.13 Å². The first-order valence-corrected chi connectivity index (χ1v) is 7.49. The van der Waals surface area contributed by atoms with E-state index in [-0.39, 0.29) is 18.0 Å². The lowest BCUT2D eigenvalue weighted by molar-refractivity contribution is -0.00807. The molecule has 0 unspecified atom stereocenters. The Kier molecular flexibility index (Phi) is 4.63. The summed E-state index contributed by atoms with van der Waals surface area (Å²) in [7, 11) is 0. The van der Waals surface area contributed by atoms with Crippen molar-refractivity contribution in [2.75, 3.05) is 13.1 Å². The van der Waals surface area contributed by atoms with E-state index < -0.39 is 0 Å². The molecule has 1 heterocycles. The van der Waals surface area contributed by atoms with Gasteiger partial charge < -0.3 is 10.1 Å². The summed E-state index contributed by atoms with van der Waals surface area (Å²) in [4.78, 5) is 0. The summed E-state index contributed by atoms with van der Waals surface area (Å²) in [6, 6.07) is 16.8. The second-order valence-electron chi connectivity index (χ2n) is 5.43. The highest BCUT2D eigenvalue weighted by Gasteiger charge is 2.21. The van der Waals surface area contributed by atoms with Crippen LogP contribution in [0.5, 0.6) is 0 Å². The Morgan fingerprint density at radius 1 is 0.905 bits per heavy atom. The normalized spacial score (nSPS) is 17.6. The van der Waals surface area contributed by atoms with E-state index in [0.29, 0.717) is 0 Å². The maximum absolute atomic E-state index is 13.2. The summed E-state index contributed by atoms with van der Waals surface area (Å²) in [5.74, 6) is -0.215. The van der Waals surface area contributed by atoms with Crippen molar-refractivity contribution in [3.8, 4) is 0 Å². The number of nitrogens with one attached hydrogen (secondary N) is 1. The number of ether oxygens (including phenoxy) is 1. The van der Waals surface area contributed by atoms with Gasteiger partial charge in [-0.15, -0.1) is 0 Å². The van der Waals surface area contributed by atoms with Crippen LogP contribution >= 0.6 is 0 Å². The molecule has 1 aliphatic heterocycles. The Hall–Kier alpha value is -1.71. The zero-order valence-electron chi connectivity index (χ0n) is 12.0. The summed E-state index contributed by atoms with van der Waals surface area (Å²) >= 11 is 0. The summed E-state index contributed by atoms with van der Waals surface area (Å²) in [5, 5.41) is 3.35. The minimum Gasteiger partial charge on any atom is -0.365 e. The predicted octanol–water partition coefficient (Wildman–Crippen LogP) is 3.68. The van der Waals surface area contributed by atoms with Crippen molar-refractivity contribution in [3.05, 3.63) is 71.5 Å². The van der Waals surface area contributed by atoms with Crippen LogP contribution in [0.2, 0.25) is 0 Å². The van der Waals surface area contributed by atoms with Gasteiger partial charge in [0.2, 0.25) is 0 Å². The van der Waals surface area contributed by atoms with Gasteiger partial charge in [0, 0.05) is 0 Å². The van der Waals surface area contributed by atoms with Gasteiger partial charge in [-0.25, -0.2) is 4.39 Å². The van der Waals surface area contributed by atoms with Gasteiger partial charge in [-0.3, -0.25) is 0 Å². The lowest BCUT2D eigenvalue weighted by atomic mass is 10.00. The lowest BCUT2D eigenvalue weighted by Crippen LogP contribution is -2.33. The molecule has 1 N–H and O–H groups in total. The fourth-order valence-corrected chi connectivity index (χ4v) is 2.74. The first-order valence-electron chi connectivity index (χ1n) is 7.49. The van der Waals surface area contributed by atoms with Crippen LogP contribution < -0.4 is 5.32 Å². The Morgan fingerprint density at radius 3 is 2.19 bits per heavy atom. The van der Waals surface area contributed by atoms with Crippen LogP contribution in [-0.2, 0) is 4.74 Å². The average Bonchev–Trinajstić information content (AvgIpc) is 2.55. The molecular formula is C18H20FNO. The zero-order valence-corrected chi connectivity index (χ0v) is 12.0. The van der Waals surface area contributed by atoms with Gasteiger partial charge in [-0.2, -0.15) is 0 Å². The first-order chi connectivity index (χ1) is 10.3. The van der Waals surface area contributed by atoms with Crippen LogP contribution in [0.4, 0.5) is 4.39 Å². The van der Waals surface area contributed by atoms with E-state index in [1.54, 1.807) is 0 Å². The summed E-state index contributed by atoms with van der Waals surface area (Å²) in [6.07, 6.45) is 2.16. The molecule has 0 spiro atoms. The van der Waals surface area contributed by atoms with Gasteiger partial charge >= 0.3 is 0 Å². The van der Waals surface area contributed by atoms with Crippen molar-refractivity contribution in [2.24, 2.45) is 0 Å². The third-order valence-corrected chi connectivity index (χ3v) is 3.89. The Bertz CT molecular complexity index is 549. The second kappa shape index (κ2) is 6.83. The van der Waals surface area contributed by atoms with E-state index in [0.717, 1.165) is 37.1 Å². The second-order valence-corrected chi connectivity index (χ2v) is 5.43.